The fourth-order valence-corrected chi connectivity index (χ4v) is 3.03. The van der Waals surface area contributed by atoms with Crippen molar-refractivity contribution in [1.29, 1.82) is 0 Å². The van der Waals surface area contributed by atoms with E-state index in [1.165, 1.54) is 7.11 Å². The number of nitrogens with zero attached hydrogens (tertiary/aromatic N) is 1. The van der Waals surface area contributed by atoms with Crippen LogP contribution >= 0.6 is 27.7 Å². The predicted octanol–water partition coefficient (Wildman–Crippen LogP) is 1.88. The average Bonchev–Trinajstić information content (AvgIpc) is 2.20. The van der Waals surface area contributed by atoms with Crippen LogP contribution in [0.25, 0.3) is 0 Å². The van der Waals surface area contributed by atoms with Gasteiger partial charge in [-0.05, 0) is 0 Å². The molecular weight excluding hydrogens is 278 g/mol. The number of halogens is 1. The molecule has 0 amide bonds. The van der Waals surface area contributed by atoms with Crippen molar-refractivity contribution in [3.63, 3.8) is 0 Å². The van der Waals surface area contributed by atoms with E-state index in [-0.39, 0.29) is 12.0 Å². The Bertz CT molecular complexity index is 248. The van der Waals surface area contributed by atoms with E-state index in [4.69, 9.17) is 4.74 Å². The van der Waals surface area contributed by atoms with Gasteiger partial charge in [-0.2, -0.15) is 11.8 Å². The normalized spacial score (nSPS) is 22.4. The fourth-order valence-electron chi connectivity index (χ4n) is 1.58. The van der Waals surface area contributed by atoms with Crippen molar-refractivity contribution in [2.45, 2.75) is 12.5 Å². The molecule has 0 saturated carbocycles. The Hall–Kier alpha value is -0.000000000000000111. The minimum Gasteiger partial charge on any atom is -0.469 e. The van der Waals surface area contributed by atoms with E-state index in [0.29, 0.717) is 6.42 Å². The summed E-state index contributed by atoms with van der Waals surface area (Å²) in [5, 5.41) is 0. The Kier molecular flexibility index (Phi) is 5.71. The molecule has 0 aromatic carbocycles. The summed E-state index contributed by atoms with van der Waals surface area (Å²) in [6, 6.07) is 0.283. The molecule has 1 aliphatic heterocycles. The molecule has 1 atom stereocenters. The van der Waals surface area contributed by atoms with Gasteiger partial charge in [0.25, 0.3) is 0 Å². The van der Waals surface area contributed by atoms with E-state index in [0.717, 1.165) is 29.1 Å². The Morgan fingerprint density at radius 2 is 2.47 bits per heavy atom. The SMILES string of the molecule is C=C(Br)CN1CCSC[C@@H]1CC(=O)OC. The van der Waals surface area contributed by atoms with Gasteiger partial charge in [0, 0.05) is 35.1 Å². The second-order valence-corrected chi connectivity index (χ2v) is 5.77. The third-order valence-corrected chi connectivity index (χ3v) is 3.70. The molecule has 1 rings (SSSR count). The predicted molar refractivity (Wildman–Crippen MR) is 67.4 cm³/mol. The molecule has 1 saturated heterocycles. The highest BCUT2D eigenvalue weighted by atomic mass is 79.9. The number of methoxy groups -OCH3 is 1. The van der Waals surface area contributed by atoms with Crippen molar-refractivity contribution in [3.05, 3.63) is 11.1 Å². The zero-order valence-corrected chi connectivity index (χ0v) is 11.3. The maximum Gasteiger partial charge on any atom is 0.307 e. The van der Waals surface area contributed by atoms with Gasteiger partial charge >= 0.3 is 5.97 Å². The summed E-state index contributed by atoms with van der Waals surface area (Å²) in [7, 11) is 1.44. The van der Waals surface area contributed by atoms with Crippen LogP contribution in [0.5, 0.6) is 0 Å². The van der Waals surface area contributed by atoms with Gasteiger partial charge in [0.05, 0.1) is 13.5 Å². The largest absolute Gasteiger partial charge is 0.469 e. The van der Waals surface area contributed by atoms with Crippen molar-refractivity contribution in [3.8, 4) is 0 Å². The zero-order chi connectivity index (χ0) is 11.3. The van der Waals surface area contributed by atoms with E-state index in [1.807, 2.05) is 11.8 Å². The molecule has 0 aromatic rings. The van der Waals surface area contributed by atoms with Crippen LogP contribution in [0, 0.1) is 0 Å². The first-order valence-electron chi connectivity index (χ1n) is 4.85. The van der Waals surface area contributed by atoms with Crippen LogP contribution in [-0.2, 0) is 9.53 Å². The lowest BCUT2D eigenvalue weighted by Gasteiger charge is -2.34. The first-order chi connectivity index (χ1) is 7.13. The third kappa shape index (κ3) is 4.57. The summed E-state index contributed by atoms with van der Waals surface area (Å²) < 4.78 is 5.66. The van der Waals surface area contributed by atoms with Crippen molar-refractivity contribution >= 4 is 33.7 Å². The topological polar surface area (TPSA) is 29.5 Å². The second-order valence-electron chi connectivity index (χ2n) is 3.50. The molecule has 5 heteroatoms. The quantitative estimate of drug-likeness (QED) is 0.740. The van der Waals surface area contributed by atoms with Gasteiger partial charge < -0.3 is 4.74 Å². The molecular formula is C10H16BrNO2S. The van der Waals surface area contributed by atoms with E-state index in [1.54, 1.807) is 0 Å². The summed E-state index contributed by atoms with van der Waals surface area (Å²) in [6.45, 7) is 5.65. The van der Waals surface area contributed by atoms with Crippen LogP contribution in [0.4, 0.5) is 0 Å². The number of hydrogen-bond acceptors (Lipinski definition) is 4. The van der Waals surface area contributed by atoms with Crippen molar-refractivity contribution in [2.24, 2.45) is 0 Å². The fraction of sp³-hybridized carbons (Fsp3) is 0.700. The molecule has 0 aromatic heterocycles. The standard InChI is InChI=1S/C10H16BrNO2S/c1-8(11)6-12-3-4-15-7-9(12)5-10(13)14-2/h9H,1,3-7H2,2H3/t9-/m0/s1. The van der Waals surface area contributed by atoms with E-state index in [2.05, 4.69) is 27.4 Å². The van der Waals surface area contributed by atoms with E-state index >= 15 is 0 Å². The zero-order valence-electron chi connectivity index (χ0n) is 8.87. The van der Waals surface area contributed by atoms with Crippen LogP contribution in [0.2, 0.25) is 0 Å². The van der Waals surface area contributed by atoms with Crippen molar-refractivity contribution in [1.82, 2.24) is 4.90 Å². The number of ether oxygens (including phenoxy) is 1. The summed E-state index contributed by atoms with van der Waals surface area (Å²) in [5.74, 6) is 1.99. The van der Waals surface area contributed by atoms with Gasteiger partial charge in [-0.3, -0.25) is 9.69 Å². The van der Waals surface area contributed by atoms with Crippen molar-refractivity contribution < 1.29 is 9.53 Å². The van der Waals surface area contributed by atoms with Gasteiger partial charge in [-0.15, -0.1) is 0 Å². The van der Waals surface area contributed by atoms with Crippen LogP contribution < -0.4 is 0 Å². The lowest BCUT2D eigenvalue weighted by atomic mass is 10.2. The molecule has 0 unspecified atom stereocenters. The molecule has 1 fully saturated rings. The number of rotatable bonds is 4. The van der Waals surface area contributed by atoms with Crippen LogP contribution in [0.1, 0.15) is 6.42 Å². The summed E-state index contributed by atoms with van der Waals surface area (Å²) >= 11 is 5.25. The number of carbonyl (C=O) groups is 1. The first kappa shape index (κ1) is 13.1. The van der Waals surface area contributed by atoms with E-state index in [9.17, 15) is 4.79 Å². The molecule has 0 bridgehead atoms. The van der Waals surface area contributed by atoms with Crippen LogP contribution in [-0.4, -0.2) is 48.6 Å². The molecule has 0 spiro atoms. The van der Waals surface area contributed by atoms with Crippen LogP contribution in [0.3, 0.4) is 0 Å². The number of carbonyl (C=O) groups excluding carboxylic acids is 1. The number of esters is 1. The molecule has 15 heavy (non-hydrogen) atoms. The Morgan fingerprint density at radius 3 is 3.07 bits per heavy atom. The highest BCUT2D eigenvalue weighted by Crippen LogP contribution is 2.21. The van der Waals surface area contributed by atoms with E-state index < -0.39 is 0 Å². The van der Waals surface area contributed by atoms with Gasteiger partial charge in [0.2, 0.25) is 0 Å². The summed E-state index contributed by atoms with van der Waals surface area (Å²) in [5.41, 5.74) is 0. The number of thioether (sulfide) groups is 1. The Morgan fingerprint density at radius 1 is 1.73 bits per heavy atom. The molecule has 86 valence electrons. The lowest BCUT2D eigenvalue weighted by molar-refractivity contribution is -0.141. The minimum atomic E-state index is -0.132. The molecule has 0 radical (unpaired) electrons. The first-order valence-corrected chi connectivity index (χ1v) is 6.80. The monoisotopic (exact) mass is 293 g/mol. The van der Waals surface area contributed by atoms with Gasteiger partial charge in [0.1, 0.15) is 0 Å². The van der Waals surface area contributed by atoms with Crippen molar-refractivity contribution in [2.75, 3.05) is 31.7 Å². The maximum atomic E-state index is 11.2. The molecule has 1 heterocycles. The highest BCUT2D eigenvalue weighted by molar-refractivity contribution is 9.11. The summed E-state index contributed by atoms with van der Waals surface area (Å²) in [4.78, 5) is 13.5. The average molecular weight is 294 g/mol. The van der Waals surface area contributed by atoms with Gasteiger partial charge in [-0.25, -0.2) is 0 Å². The smallest absolute Gasteiger partial charge is 0.307 e. The highest BCUT2D eigenvalue weighted by Gasteiger charge is 2.25. The molecule has 1 aliphatic rings. The molecule has 3 nitrogen and oxygen atoms in total. The van der Waals surface area contributed by atoms with Crippen LogP contribution in [0.15, 0.2) is 11.1 Å². The van der Waals surface area contributed by atoms with Gasteiger partial charge in [-0.1, -0.05) is 22.5 Å². The Labute approximate surface area is 103 Å². The molecule has 0 N–H and O–H groups in total. The lowest BCUT2D eigenvalue weighted by Crippen LogP contribution is -2.44. The Balaban J connectivity index is 2.49. The second kappa shape index (κ2) is 6.55. The van der Waals surface area contributed by atoms with Gasteiger partial charge in [0.15, 0.2) is 0 Å². The maximum absolute atomic E-state index is 11.2. The minimum absolute atomic E-state index is 0.132. The third-order valence-electron chi connectivity index (χ3n) is 2.35. The number of hydrogen-bond donors (Lipinski definition) is 0. The summed E-state index contributed by atoms with van der Waals surface area (Å²) in [6.07, 6.45) is 0.476. The molecule has 0 aliphatic carbocycles.